The van der Waals surface area contributed by atoms with Crippen LogP contribution in [0.15, 0.2) is 0 Å². The third kappa shape index (κ3) is 3.54. The summed E-state index contributed by atoms with van der Waals surface area (Å²) >= 11 is 0. The summed E-state index contributed by atoms with van der Waals surface area (Å²) in [7, 11) is 0. The molecule has 2 aliphatic heterocycles. The van der Waals surface area contributed by atoms with Crippen LogP contribution in [0.4, 0.5) is 0 Å². The summed E-state index contributed by atoms with van der Waals surface area (Å²) in [6.45, 7) is -2.07. The molecule has 2 heterocycles. The van der Waals surface area contributed by atoms with Crippen LogP contribution >= 0.6 is 0 Å². The van der Waals surface area contributed by atoms with Crippen LogP contribution in [0.3, 0.4) is 0 Å². The van der Waals surface area contributed by atoms with E-state index in [0.29, 0.717) is 0 Å². The molecule has 2 saturated heterocycles. The Kier molecular flexibility index (Phi) is 7.79. The Balaban J connectivity index is 2.80. The molecule has 0 radical (unpaired) electrons. The molecule has 2 unspecified atom stereocenters. The second-order valence-corrected chi connectivity index (χ2v) is 7.66. The normalized spacial score (nSPS) is 43.1. The smallest absolute Gasteiger partial charge is 0.234 e. The number of hydrogen-bond donors (Lipinski definition) is 8. The number of aliphatic hydroxyl groups excluding tert-OH is 8. The van der Waals surface area contributed by atoms with Crippen LogP contribution in [0.25, 0.3) is 0 Å². The van der Waals surface area contributed by atoms with Gasteiger partial charge in [-0.05, 0) is 6.92 Å². The van der Waals surface area contributed by atoms with Crippen LogP contribution in [0.2, 0.25) is 0 Å². The molecule has 0 aliphatic carbocycles. The molecule has 14 nitrogen and oxygen atoms in total. The van der Waals surface area contributed by atoms with Gasteiger partial charge in [-0.2, -0.15) is 15.8 Å². The first-order chi connectivity index (χ1) is 15.0. The maximum Gasteiger partial charge on any atom is 0.234 e. The van der Waals surface area contributed by atoms with Crippen LogP contribution < -0.4 is 0 Å². The van der Waals surface area contributed by atoms with E-state index in [-0.39, 0.29) is 0 Å². The summed E-state index contributed by atoms with van der Waals surface area (Å²) in [6, 6.07) is 4.64. The zero-order valence-electron chi connectivity index (χ0n) is 16.9. The lowest BCUT2D eigenvalue weighted by Crippen LogP contribution is -2.75. The van der Waals surface area contributed by atoms with Gasteiger partial charge in [0.1, 0.15) is 49.3 Å². The molecule has 0 amide bonds. The third-order valence-electron chi connectivity index (χ3n) is 5.93. The Morgan fingerprint density at radius 3 is 1.81 bits per heavy atom. The minimum Gasteiger partial charge on any atom is -0.394 e. The molecule has 2 aliphatic rings. The lowest BCUT2D eigenvalue weighted by atomic mass is 9.67. The average Bonchev–Trinajstić information content (AvgIpc) is 3.05. The first-order valence-corrected chi connectivity index (χ1v) is 9.52. The van der Waals surface area contributed by atoms with E-state index in [2.05, 4.69) is 0 Å². The topological polar surface area (TPSA) is 261 Å². The first-order valence-electron chi connectivity index (χ1n) is 9.52. The van der Waals surface area contributed by atoms with Gasteiger partial charge in [-0.1, -0.05) is 0 Å². The van der Waals surface area contributed by atoms with E-state index in [1.807, 2.05) is 0 Å². The van der Waals surface area contributed by atoms with E-state index in [1.54, 1.807) is 6.07 Å². The second kappa shape index (κ2) is 9.49. The van der Waals surface area contributed by atoms with Crippen molar-refractivity contribution in [2.45, 2.75) is 61.2 Å². The van der Waals surface area contributed by atoms with Crippen molar-refractivity contribution < 1.29 is 55.1 Å². The standard InChI is InChI=1S/C18H25N3O11/c1-8(2-19)16(5-20,6-21)18(15(29)13(27)11(25)9(3-22)31-18)32-17(7-24)14(28)12(26)10(4-23)30-17/h8-15,22-29H,3-4,7H2,1H3/t8?,9-,10-,11-,12-,13+,14+,15-,17?,18-/m1/s1. The lowest BCUT2D eigenvalue weighted by Gasteiger charge is -2.55. The van der Waals surface area contributed by atoms with Gasteiger partial charge in [-0.25, -0.2) is 0 Å². The highest BCUT2D eigenvalue weighted by molar-refractivity contribution is 5.29. The van der Waals surface area contributed by atoms with E-state index >= 15 is 0 Å². The summed E-state index contributed by atoms with van der Waals surface area (Å²) < 4.78 is 16.3. The zero-order valence-corrected chi connectivity index (χ0v) is 16.9. The van der Waals surface area contributed by atoms with Crippen molar-refractivity contribution in [1.29, 1.82) is 15.8 Å². The highest BCUT2D eigenvalue weighted by atomic mass is 16.8. The maximum atomic E-state index is 10.9. The molecular formula is C18H25N3O11. The zero-order chi connectivity index (χ0) is 24.5. The van der Waals surface area contributed by atoms with Gasteiger partial charge < -0.3 is 55.1 Å². The van der Waals surface area contributed by atoms with Gasteiger partial charge in [0.05, 0.1) is 37.3 Å². The van der Waals surface area contributed by atoms with Gasteiger partial charge in [0.15, 0.2) is 0 Å². The number of ether oxygens (including phenoxy) is 3. The van der Waals surface area contributed by atoms with Crippen molar-refractivity contribution in [3.05, 3.63) is 0 Å². The van der Waals surface area contributed by atoms with Gasteiger partial charge in [0, 0.05) is 0 Å². The Hall–Kier alpha value is -1.97. The number of nitriles is 3. The molecule has 178 valence electrons. The molecule has 10 atom stereocenters. The van der Waals surface area contributed by atoms with E-state index in [9.17, 15) is 56.6 Å². The van der Waals surface area contributed by atoms with Crippen LogP contribution in [0, 0.1) is 45.3 Å². The largest absolute Gasteiger partial charge is 0.394 e. The van der Waals surface area contributed by atoms with Crippen LogP contribution in [0.5, 0.6) is 0 Å². The van der Waals surface area contributed by atoms with Gasteiger partial charge in [0.25, 0.3) is 0 Å². The Bertz CT molecular complexity index is 793. The Labute approximate surface area is 182 Å². The third-order valence-corrected chi connectivity index (χ3v) is 5.93. The summed E-state index contributed by atoms with van der Waals surface area (Å²) in [4.78, 5) is 0. The van der Waals surface area contributed by atoms with Gasteiger partial charge in [-0.3, -0.25) is 0 Å². The fourth-order valence-electron chi connectivity index (χ4n) is 3.91. The number of nitrogens with zero attached hydrogens (tertiary/aromatic N) is 3. The molecule has 0 aromatic carbocycles. The fourth-order valence-corrected chi connectivity index (χ4v) is 3.91. The molecule has 32 heavy (non-hydrogen) atoms. The maximum absolute atomic E-state index is 10.9. The lowest BCUT2D eigenvalue weighted by molar-refractivity contribution is -0.454. The average molecular weight is 459 g/mol. The van der Waals surface area contributed by atoms with Crippen molar-refractivity contribution in [1.82, 2.24) is 0 Å². The molecule has 0 aromatic rings. The Morgan fingerprint density at radius 2 is 1.41 bits per heavy atom. The first kappa shape index (κ1) is 26.3. The van der Waals surface area contributed by atoms with E-state index in [4.69, 9.17) is 14.2 Å². The SMILES string of the molecule is CC(C#N)C(C#N)(C#N)[C@@]1(OC2(CO)O[C@H](CO)[C@@H](O)[C@@H]2O)O[C@H](CO)[C@@H](O)[C@H](O)[C@H]1O. The van der Waals surface area contributed by atoms with Gasteiger partial charge in [0.2, 0.25) is 17.0 Å². The highest BCUT2D eigenvalue weighted by Crippen LogP contribution is 2.51. The predicted molar refractivity (Wildman–Crippen MR) is 96.0 cm³/mol. The molecular weight excluding hydrogens is 434 g/mol. The number of rotatable bonds is 7. The number of aliphatic hydroxyl groups is 8. The summed E-state index contributed by atoms with van der Waals surface area (Å²) in [6.07, 6.45) is -13.9. The summed E-state index contributed by atoms with van der Waals surface area (Å²) in [5.41, 5.74) is -2.80. The molecule has 2 rings (SSSR count). The summed E-state index contributed by atoms with van der Waals surface area (Å²) in [5, 5.41) is 110. The van der Waals surface area contributed by atoms with Gasteiger partial charge >= 0.3 is 0 Å². The van der Waals surface area contributed by atoms with Crippen molar-refractivity contribution >= 4 is 0 Å². The molecule has 2 fully saturated rings. The highest BCUT2D eigenvalue weighted by Gasteiger charge is 2.73. The minimum atomic E-state index is -3.12. The van der Waals surface area contributed by atoms with E-state index in [0.717, 1.165) is 6.92 Å². The fraction of sp³-hybridized carbons (Fsp3) is 0.833. The van der Waals surface area contributed by atoms with Crippen molar-refractivity contribution in [3.8, 4) is 18.2 Å². The predicted octanol–water partition coefficient (Wildman–Crippen LogP) is -4.83. The van der Waals surface area contributed by atoms with Crippen molar-refractivity contribution in [3.63, 3.8) is 0 Å². The molecule has 14 heteroatoms. The quantitative estimate of drug-likeness (QED) is 0.178. The Morgan fingerprint density at radius 1 is 0.875 bits per heavy atom. The molecule has 0 spiro atoms. The second-order valence-electron chi connectivity index (χ2n) is 7.66. The molecule has 0 aromatic heterocycles. The van der Waals surface area contributed by atoms with Crippen molar-refractivity contribution in [2.75, 3.05) is 19.8 Å². The summed E-state index contributed by atoms with van der Waals surface area (Å²) in [5.74, 6) is -7.48. The van der Waals surface area contributed by atoms with Crippen LogP contribution in [-0.2, 0) is 14.2 Å². The van der Waals surface area contributed by atoms with Crippen LogP contribution in [-0.4, -0.2) is 115 Å². The van der Waals surface area contributed by atoms with E-state index < -0.39 is 85.5 Å². The molecule has 8 N–H and O–H groups in total. The monoisotopic (exact) mass is 459 g/mol. The van der Waals surface area contributed by atoms with Crippen LogP contribution in [0.1, 0.15) is 6.92 Å². The minimum absolute atomic E-state index is 0.864. The number of hydrogen-bond acceptors (Lipinski definition) is 14. The molecule has 0 bridgehead atoms. The molecule has 0 saturated carbocycles. The van der Waals surface area contributed by atoms with Crippen molar-refractivity contribution in [2.24, 2.45) is 11.3 Å². The van der Waals surface area contributed by atoms with Gasteiger partial charge in [-0.15, -0.1) is 0 Å². The van der Waals surface area contributed by atoms with E-state index in [1.165, 1.54) is 12.1 Å².